The Morgan fingerprint density at radius 1 is 0.442 bits per heavy atom. The molecule has 0 atom stereocenters. The van der Waals surface area contributed by atoms with E-state index in [4.69, 9.17) is 15.0 Å². The van der Waals surface area contributed by atoms with Crippen LogP contribution in [0.3, 0.4) is 0 Å². The lowest BCUT2D eigenvalue weighted by atomic mass is 10.00. The molecule has 10 aromatic rings. The van der Waals surface area contributed by atoms with Crippen LogP contribution in [0.15, 0.2) is 182 Å². The summed E-state index contributed by atoms with van der Waals surface area (Å²) in [6.45, 7) is 0. The topological polar surface area (TPSA) is 43.6 Å². The van der Waals surface area contributed by atoms with Crippen molar-refractivity contribution in [3.05, 3.63) is 182 Å². The SMILES string of the molecule is c1ccc(-c2cccc(-c3cc(-c4ccccc4)nc(-c4cccc5sc6c(-c7nc8ccccc8n7-c7ccccc7)cccc6c45)n3)c2)cc1. The number of hydrogen-bond donors (Lipinski definition) is 0. The predicted octanol–water partition coefficient (Wildman–Crippen LogP) is 12.5. The summed E-state index contributed by atoms with van der Waals surface area (Å²) in [5.41, 5.74) is 11.4. The molecule has 10 rings (SSSR count). The van der Waals surface area contributed by atoms with Crippen LogP contribution in [0.5, 0.6) is 0 Å². The smallest absolute Gasteiger partial charge is 0.161 e. The van der Waals surface area contributed by atoms with E-state index in [0.29, 0.717) is 5.82 Å². The largest absolute Gasteiger partial charge is 0.292 e. The quantitative estimate of drug-likeness (QED) is 0.175. The third-order valence-electron chi connectivity index (χ3n) is 9.64. The minimum atomic E-state index is 0.702. The number of fused-ring (bicyclic) bond motifs is 4. The second kappa shape index (κ2) is 12.6. The molecular formula is C47H30N4S. The summed E-state index contributed by atoms with van der Waals surface area (Å²) in [7, 11) is 0. The highest BCUT2D eigenvalue weighted by molar-refractivity contribution is 7.26. The van der Waals surface area contributed by atoms with Crippen molar-refractivity contribution in [2.24, 2.45) is 0 Å². The van der Waals surface area contributed by atoms with Gasteiger partial charge in [-0.25, -0.2) is 15.0 Å². The van der Waals surface area contributed by atoms with E-state index < -0.39 is 0 Å². The Labute approximate surface area is 305 Å². The van der Waals surface area contributed by atoms with Crippen molar-refractivity contribution in [2.75, 3.05) is 0 Å². The summed E-state index contributed by atoms with van der Waals surface area (Å²) in [6.07, 6.45) is 0. The van der Waals surface area contributed by atoms with Crippen LogP contribution in [-0.4, -0.2) is 19.5 Å². The maximum Gasteiger partial charge on any atom is 0.161 e. The predicted molar refractivity (Wildman–Crippen MR) is 217 cm³/mol. The molecule has 0 unspecified atom stereocenters. The van der Waals surface area contributed by atoms with E-state index in [2.05, 4.69) is 174 Å². The molecule has 3 aromatic heterocycles. The zero-order chi connectivity index (χ0) is 34.4. The molecule has 3 heterocycles. The molecule has 0 aliphatic heterocycles. The van der Waals surface area contributed by atoms with Crippen molar-refractivity contribution in [3.8, 4) is 62.1 Å². The summed E-state index contributed by atoms with van der Waals surface area (Å²) < 4.78 is 4.65. The Hall–Kier alpha value is -6.69. The molecule has 0 aliphatic carbocycles. The molecule has 4 nitrogen and oxygen atoms in total. The Morgan fingerprint density at radius 3 is 1.87 bits per heavy atom. The van der Waals surface area contributed by atoms with Crippen molar-refractivity contribution in [3.63, 3.8) is 0 Å². The van der Waals surface area contributed by atoms with E-state index in [0.717, 1.165) is 67.1 Å². The van der Waals surface area contributed by atoms with Gasteiger partial charge in [-0.05, 0) is 59.7 Å². The fourth-order valence-corrected chi connectivity index (χ4v) is 8.45. The molecule has 7 aromatic carbocycles. The molecule has 5 heteroatoms. The molecular weight excluding hydrogens is 653 g/mol. The molecule has 244 valence electrons. The van der Waals surface area contributed by atoms with Gasteiger partial charge in [0, 0.05) is 48.1 Å². The van der Waals surface area contributed by atoms with Gasteiger partial charge in [-0.15, -0.1) is 11.3 Å². The molecule has 0 saturated heterocycles. The van der Waals surface area contributed by atoms with Crippen molar-refractivity contribution in [2.45, 2.75) is 0 Å². The molecule has 52 heavy (non-hydrogen) atoms. The van der Waals surface area contributed by atoms with Crippen molar-refractivity contribution in [1.82, 2.24) is 19.5 Å². The Bertz CT molecular complexity index is 2890. The maximum absolute atomic E-state index is 5.31. The lowest BCUT2D eigenvalue weighted by Crippen LogP contribution is -1.97. The first-order chi connectivity index (χ1) is 25.8. The average molecular weight is 683 g/mol. The van der Waals surface area contributed by atoms with Crippen LogP contribution >= 0.6 is 11.3 Å². The number of para-hydroxylation sites is 3. The summed E-state index contributed by atoms with van der Waals surface area (Å²) in [5, 5.41) is 2.32. The summed E-state index contributed by atoms with van der Waals surface area (Å²) in [5.74, 6) is 1.63. The highest BCUT2D eigenvalue weighted by Crippen LogP contribution is 2.44. The summed E-state index contributed by atoms with van der Waals surface area (Å²) >= 11 is 1.80. The van der Waals surface area contributed by atoms with E-state index in [1.807, 2.05) is 12.1 Å². The first kappa shape index (κ1) is 30.2. The lowest BCUT2D eigenvalue weighted by Gasteiger charge is -2.12. The molecule has 0 fully saturated rings. The van der Waals surface area contributed by atoms with Gasteiger partial charge in [0.05, 0.1) is 22.4 Å². The minimum absolute atomic E-state index is 0.702. The van der Waals surface area contributed by atoms with Crippen LogP contribution in [0.2, 0.25) is 0 Å². The van der Waals surface area contributed by atoms with Crippen LogP contribution in [0.1, 0.15) is 0 Å². The van der Waals surface area contributed by atoms with Gasteiger partial charge in [0.15, 0.2) is 5.82 Å². The molecule has 0 saturated carbocycles. The molecule has 0 aliphatic rings. The Morgan fingerprint density at radius 2 is 1.06 bits per heavy atom. The molecule has 0 amide bonds. The highest BCUT2D eigenvalue weighted by Gasteiger charge is 2.21. The highest BCUT2D eigenvalue weighted by atomic mass is 32.1. The van der Waals surface area contributed by atoms with Crippen LogP contribution in [-0.2, 0) is 0 Å². The van der Waals surface area contributed by atoms with Gasteiger partial charge >= 0.3 is 0 Å². The lowest BCUT2D eigenvalue weighted by molar-refractivity contribution is 1.11. The van der Waals surface area contributed by atoms with Crippen molar-refractivity contribution < 1.29 is 0 Å². The van der Waals surface area contributed by atoms with Crippen molar-refractivity contribution >= 4 is 42.5 Å². The number of aromatic nitrogens is 4. The number of rotatable bonds is 6. The minimum Gasteiger partial charge on any atom is -0.292 e. The van der Waals surface area contributed by atoms with Crippen molar-refractivity contribution in [1.29, 1.82) is 0 Å². The molecule has 0 radical (unpaired) electrons. The average Bonchev–Trinajstić information content (AvgIpc) is 3.81. The van der Waals surface area contributed by atoms with Gasteiger partial charge in [-0.2, -0.15) is 0 Å². The van der Waals surface area contributed by atoms with Gasteiger partial charge in [0.2, 0.25) is 0 Å². The molecule has 0 N–H and O–H groups in total. The number of imidazole rings is 1. The van der Waals surface area contributed by atoms with Gasteiger partial charge in [-0.1, -0.05) is 133 Å². The fourth-order valence-electron chi connectivity index (χ4n) is 7.22. The third-order valence-corrected chi connectivity index (χ3v) is 10.8. The maximum atomic E-state index is 5.31. The van der Waals surface area contributed by atoms with E-state index in [1.165, 1.54) is 20.3 Å². The number of hydrogen-bond acceptors (Lipinski definition) is 4. The summed E-state index contributed by atoms with van der Waals surface area (Å²) in [4.78, 5) is 15.8. The van der Waals surface area contributed by atoms with Gasteiger partial charge in [0.1, 0.15) is 5.82 Å². The number of thiophene rings is 1. The summed E-state index contributed by atoms with van der Waals surface area (Å²) in [6, 6.07) is 63.5. The first-order valence-corrected chi connectivity index (χ1v) is 18.2. The third kappa shape index (κ3) is 5.18. The fraction of sp³-hybridized carbons (Fsp3) is 0. The van der Waals surface area contributed by atoms with Crippen LogP contribution < -0.4 is 0 Å². The number of nitrogens with zero attached hydrogens (tertiary/aromatic N) is 4. The van der Waals surface area contributed by atoms with E-state index in [1.54, 1.807) is 11.3 Å². The standard InChI is InChI=1S/C47H30N4S/c1-4-15-31(16-5-1)33-19-12-20-34(29-33)41-30-40(32-17-6-2-7-18-32)48-46(49-41)37-24-14-28-43-44(37)36-23-13-25-38(45(36)52-43)47-50-39-26-10-11-27-42(39)51(47)35-21-8-3-9-22-35/h1-30H. The van der Waals surface area contributed by atoms with E-state index in [-0.39, 0.29) is 0 Å². The van der Waals surface area contributed by atoms with Crippen LogP contribution in [0.4, 0.5) is 0 Å². The Kier molecular flexibility index (Phi) is 7.29. The first-order valence-electron chi connectivity index (χ1n) is 17.4. The second-order valence-corrected chi connectivity index (χ2v) is 13.9. The second-order valence-electron chi connectivity index (χ2n) is 12.8. The van der Waals surface area contributed by atoms with Crippen LogP contribution in [0, 0.1) is 0 Å². The van der Waals surface area contributed by atoms with E-state index in [9.17, 15) is 0 Å². The van der Waals surface area contributed by atoms with Gasteiger partial charge < -0.3 is 0 Å². The number of benzene rings is 7. The monoisotopic (exact) mass is 682 g/mol. The normalized spacial score (nSPS) is 11.5. The van der Waals surface area contributed by atoms with Crippen LogP contribution in [0.25, 0.3) is 93.3 Å². The molecule has 0 bridgehead atoms. The Balaban J connectivity index is 1.19. The molecule has 0 spiro atoms. The van der Waals surface area contributed by atoms with Gasteiger partial charge in [-0.3, -0.25) is 4.57 Å². The zero-order valence-corrected chi connectivity index (χ0v) is 28.8. The zero-order valence-electron chi connectivity index (χ0n) is 28.0. The van der Waals surface area contributed by atoms with Gasteiger partial charge in [0.25, 0.3) is 0 Å². The van der Waals surface area contributed by atoms with E-state index >= 15 is 0 Å².